The minimum Gasteiger partial charge on any atom is -0.383 e. The smallest absolute Gasteiger partial charge is 0.114 e. The second kappa shape index (κ2) is 3.70. The molecule has 0 fully saturated rings. The Morgan fingerprint density at radius 3 is 2.47 bits per heavy atom. The van der Waals surface area contributed by atoms with Crippen molar-refractivity contribution in [3.63, 3.8) is 0 Å². The van der Waals surface area contributed by atoms with E-state index >= 15 is 0 Å². The highest BCUT2D eigenvalue weighted by Crippen LogP contribution is 2.37. The minimum atomic E-state index is -0.782. The Kier molecular flexibility index (Phi) is 2.30. The summed E-state index contributed by atoms with van der Waals surface area (Å²) in [6.07, 6.45) is 3.14. The molecule has 88 valence electrons. The lowest BCUT2D eigenvalue weighted by atomic mass is 9.96. The number of nitrogens with zero attached hydrogens (tertiary/aromatic N) is 2. The van der Waals surface area contributed by atoms with Crippen molar-refractivity contribution in [1.82, 2.24) is 9.78 Å². The quantitative estimate of drug-likeness (QED) is 0.852. The Bertz CT molecular complexity index is 520. The van der Waals surface area contributed by atoms with E-state index in [1.54, 1.807) is 6.20 Å². The molecule has 3 heteroatoms. The molecule has 0 atom stereocenters. The van der Waals surface area contributed by atoms with Gasteiger partial charge in [-0.1, -0.05) is 24.3 Å². The molecule has 0 aliphatic heterocycles. The molecule has 3 rings (SSSR count). The van der Waals surface area contributed by atoms with Crippen molar-refractivity contribution in [3.05, 3.63) is 53.3 Å². The summed E-state index contributed by atoms with van der Waals surface area (Å²) in [4.78, 5) is 0. The Hall–Kier alpha value is -1.61. The van der Waals surface area contributed by atoms with Crippen LogP contribution in [0, 0.1) is 0 Å². The summed E-state index contributed by atoms with van der Waals surface area (Å²) in [7, 11) is 0. The van der Waals surface area contributed by atoms with E-state index in [9.17, 15) is 5.11 Å². The molecule has 1 aliphatic rings. The van der Waals surface area contributed by atoms with E-state index < -0.39 is 5.60 Å². The van der Waals surface area contributed by atoms with Crippen LogP contribution in [0.15, 0.2) is 36.5 Å². The average molecular weight is 228 g/mol. The van der Waals surface area contributed by atoms with Crippen LogP contribution < -0.4 is 0 Å². The van der Waals surface area contributed by atoms with Gasteiger partial charge in [0, 0.05) is 25.6 Å². The molecule has 0 amide bonds. The Balaban J connectivity index is 2.01. The van der Waals surface area contributed by atoms with Gasteiger partial charge in [-0.3, -0.25) is 4.68 Å². The number of benzene rings is 1. The van der Waals surface area contributed by atoms with Gasteiger partial charge in [0.15, 0.2) is 0 Å². The van der Waals surface area contributed by atoms with Gasteiger partial charge in [-0.15, -0.1) is 0 Å². The number of aliphatic hydroxyl groups is 1. The fourth-order valence-corrected chi connectivity index (χ4v) is 2.76. The van der Waals surface area contributed by atoms with E-state index in [4.69, 9.17) is 0 Å². The summed E-state index contributed by atoms with van der Waals surface area (Å²) in [5.74, 6) is 0. The first-order valence-corrected chi connectivity index (χ1v) is 6.04. The first-order valence-electron chi connectivity index (χ1n) is 6.04. The summed E-state index contributed by atoms with van der Waals surface area (Å²) < 4.78 is 1.88. The van der Waals surface area contributed by atoms with Gasteiger partial charge in [0.1, 0.15) is 5.60 Å². The molecule has 1 heterocycles. The molecular formula is C14H16N2O. The highest BCUT2D eigenvalue weighted by atomic mass is 16.3. The van der Waals surface area contributed by atoms with Gasteiger partial charge in [0.25, 0.3) is 0 Å². The first kappa shape index (κ1) is 10.5. The van der Waals surface area contributed by atoms with Crippen LogP contribution in [-0.2, 0) is 25.0 Å². The van der Waals surface area contributed by atoms with Crippen molar-refractivity contribution in [2.24, 2.45) is 0 Å². The third-order valence-corrected chi connectivity index (χ3v) is 3.58. The van der Waals surface area contributed by atoms with Crippen LogP contribution in [0.5, 0.6) is 0 Å². The second-order valence-corrected chi connectivity index (χ2v) is 4.69. The average Bonchev–Trinajstić information content (AvgIpc) is 2.91. The molecule has 0 saturated carbocycles. The Morgan fingerprint density at radius 2 is 1.88 bits per heavy atom. The van der Waals surface area contributed by atoms with E-state index in [0.717, 1.165) is 12.2 Å². The van der Waals surface area contributed by atoms with Gasteiger partial charge in [0.2, 0.25) is 0 Å². The first-order chi connectivity index (χ1) is 8.23. The van der Waals surface area contributed by atoms with Crippen LogP contribution in [0.4, 0.5) is 0 Å². The van der Waals surface area contributed by atoms with E-state index in [0.29, 0.717) is 12.8 Å². The molecule has 0 unspecified atom stereocenters. The number of hydrogen-bond donors (Lipinski definition) is 1. The zero-order valence-corrected chi connectivity index (χ0v) is 9.93. The third-order valence-electron chi connectivity index (χ3n) is 3.58. The summed E-state index contributed by atoms with van der Waals surface area (Å²) in [6.45, 7) is 2.84. The lowest BCUT2D eigenvalue weighted by Gasteiger charge is -2.23. The number of hydrogen-bond acceptors (Lipinski definition) is 2. The summed E-state index contributed by atoms with van der Waals surface area (Å²) in [5.41, 5.74) is 2.64. The van der Waals surface area contributed by atoms with Gasteiger partial charge in [-0.2, -0.15) is 5.10 Å². The van der Waals surface area contributed by atoms with Crippen LogP contribution >= 0.6 is 0 Å². The van der Waals surface area contributed by atoms with E-state index in [2.05, 4.69) is 17.2 Å². The van der Waals surface area contributed by atoms with E-state index in [-0.39, 0.29) is 0 Å². The van der Waals surface area contributed by atoms with Gasteiger partial charge < -0.3 is 5.11 Å². The van der Waals surface area contributed by atoms with Gasteiger partial charge in [-0.25, -0.2) is 0 Å². The summed E-state index contributed by atoms with van der Waals surface area (Å²) in [6, 6.07) is 10.2. The normalized spacial score (nSPS) is 17.1. The van der Waals surface area contributed by atoms with Crippen LogP contribution in [0.1, 0.15) is 23.7 Å². The SMILES string of the molecule is CCn1nccc1C1(O)Cc2ccccc2C1. The number of rotatable bonds is 2. The molecule has 1 aromatic carbocycles. The van der Waals surface area contributed by atoms with Crippen molar-refractivity contribution < 1.29 is 5.11 Å². The molecule has 0 bridgehead atoms. The molecule has 0 radical (unpaired) electrons. The molecule has 17 heavy (non-hydrogen) atoms. The largest absolute Gasteiger partial charge is 0.383 e. The van der Waals surface area contributed by atoms with Crippen molar-refractivity contribution >= 4 is 0 Å². The molecule has 1 aliphatic carbocycles. The molecular weight excluding hydrogens is 212 g/mol. The fourth-order valence-electron chi connectivity index (χ4n) is 2.76. The van der Waals surface area contributed by atoms with Crippen molar-refractivity contribution in [2.45, 2.75) is 31.9 Å². The molecule has 3 nitrogen and oxygen atoms in total. The van der Waals surface area contributed by atoms with Crippen molar-refractivity contribution in [3.8, 4) is 0 Å². The van der Waals surface area contributed by atoms with Crippen LogP contribution in [-0.4, -0.2) is 14.9 Å². The summed E-state index contributed by atoms with van der Waals surface area (Å²) >= 11 is 0. The molecule has 0 saturated heterocycles. The number of aromatic nitrogens is 2. The third kappa shape index (κ3) is 1.58. The minimum absolute atomic E-state index is 0.689. The zero-order valence-electron chi connectivity index (χ0n) is 9.93. The topological polar surface area (TPSA) is 38.0 Å². The molecule has 0 spiro atoms. The Morgan fingerprint density at radius 1 is 1.24 bits per heavy atom. The van der Waals surface area contributed by atoms with E-state index in [1.165, 1.54) is 11.1 Å². The Labute approximate surface area is 101 Å². The van der Waals surface area contributed by atoms with E-state index in [1.807, 2.05) is 29.8 Å². The van der Waals surface area contributed by atoms with Gasteiger partial charge >= 0.3 is 0 Å². The lowest BCUT2D eigenvalue weighted by molar-refractivity contribution is 0.0388. The monoisotopic (exact) mass is 228 g/mol. The van der Waals surface area contributed by atoms with Crippen LogP contribution in [0.2, 0.25) is 0 Å². The van der Waals surface area contributed by atoms with Crippen molar-refractivity contribution in [2.75, 3.05) is 0 Å². The highest BCUT2D eigenvalue weighted by molar-refractivity contribution is 5.38. The van der Waals surface area contributed by atoms with Crippen LogP contribution in [0.3, 0.4) is 0 Å². The molecule has 1 aromatic heterocycles. The fraction of sp³-hybridized carbons (Fsp3) is 0.357. The summed E-state index contributed by atoms with van der Waals surface area (Å²) in [5, 5.41) is 15.1. The maximum absolute atomic E-state index is 10.8. The lowest BCUT2D eigenvalue weighted by Crippen LogP contribution is -2.29. The highest BCUT2D eigenvalue weighted by Gasteiger charge is 2.38. The predicted octanol–water partition coefficient (Wildman–Crippen LogP) is 1.89. The van der Waals surface area contributed by atoms with Crippen molar-refractivity contribution in [1.29, 1.82) is 0 Å². The van der Waals surface area contributed by atoms with Crippen LogP contribution in [0.25, 0.3) is 0 Å². The number of aryl methyl sites for hydroxylation is 1. The predicted molar refractivity (Wildman–Crippen MR) is 65.6 cm³/mol. The maximum Gasteiger partial charge on any atom is 0.114 e. The standard InChI is InChI=1S/C14H16N2O/c1-2-16-13(7-8-15-16)14(17)9-11-5-3-4-6-12(11)10-14/h3-8,17H,2,9-10H2,1H3. The van der Waals surface area contributed by atoms with Gasteiger partial charge in [0.05, 0.1) is 5.69 Å². The molecule has 2 aromatic rings. The second-order valence-electron chi connectivity index (χ2n) is 4.69. The number of fused-ring (bicyclic) bond motifs is 1. The molecule has 1 N–H and O–H groups in total. The maximum atomic E-state index is 10.8. The van der Waals surface area contributed by atoms with Gasteiger partial charge in [-0.05, 0) is 24.1 Å². The zero-order chi connectivity index (χ0) is 11.9.